The third-order valence-electron chi connectivity index (χ3n) is 4.23. The quantitative estimate of drug-likeness (QED) is 0.530. The van der Waals surface area contributed by atoms with Gasteiger partial charge in [-0.15, -0.1) is 0 Å². The van der Waals surface area contributed by atoms with E-state index >= 15 is 0 Å². The molecular weight excluding hydrogens is 384 g/mol. The highest BCUT2D eigenvalue weighted by Crippen LogP contribution is 2.21. The second-order valence-corrected chi connectivity index (χ2v) is 8.59. The first kappa shape index (κ1) is 22.1. The van der Waals surface area contributed by atoms with Crippen molar-refractivity contribution in [2.75, 3.05) is 39.4 Å². The van der Waals surface area contributed by atoms with E-state index in [1.165, 1.54) is 4.31 Å². The number of benzene rings is 1. The normalized spacial score (nSPS) is 15.2. The lowest BCUT2D eigenvalue weighted by Gasteiger charge is -2.27. The van der Waals surface area contributed by atoms with Crippen LogP contribution in [0.3, 0.4) is 0 Å². The van der Waals surface area contributed by atoms with Crippen LogP contribution in [0.5, 0.6) is 0 Å². The lowest BCUT2D eigenvalue weighted by Crippen LogP contribution is -2.42. The van der Waals surface area contributed by atoms with Gasteiger partial charge in [0.1, 0.15) is 0 Å². The monoisotopic (exact) mass is 412 g/mol. The number of morpholine rings is 1. The lowest BCUT2D eigenvalue weighted by atomic mass is 10.2. The lowest BCUT2D eigenvalue weighted by molar-refractivity contribution is -0.123. The molecule has 3 amide bonds. The third-order valence-corrected chi connectivity index (χ3v) is 6.23. The Hall–Kier alpha value is -2.17. The molecule has 1 saturated heterocycles. The van der Waals surface area contributed by atoms with E-state index in [1.807, 2.05) is 0 Å². The largest absolute Gasteiger partial charge is 0.379 e. The molecule has 2 rings (SSSR count). The SMILES string of the molecule is CC(C)C(=O)NCCNC(=O)NCc1ccccc1S(=O)(=O)N1CCOCC1. The minimum absolute atomic E-state index is 0.0733. The average Bonchev–Trinajstić information content (AvgIpc) is 2.70. The highest BCUT2D eigenvalue weighted by molar-refractivity contribution is 7.89. The molecule has 9 nitrogen and oxygen atoms in total. The van der Waals surface area contributed by atoms with Crippen molar-refractivity contribution >= 4 is 22.0 Å². The number of carbonyl (C=O) groups excluding carboxylic acids is 2. The first-order valence-electron chi connectivity index (χ1n) is 9.27. The molecule has 0 spiro atoms. The van der Waals surface area contributed by atoms with Gasteiger partial charge in [-0.1, -0.05) is 32.0 Å². The first-order valence-corrected chi connectivity index (χ1v) is 10.7. The number of amides is 3. The molecule has 1 aromatic rings. The second kappa shape index (κ2) is 10.4. The second-order valence-electron chi connectivity index (χ2n) is 6.68. The summed E-state index contributed by atoms with van der Waals surface area (Å²) in [4.78, 5) is 23.6. The summed E-state index contributed by atoms with van der Waals surface area (Å²) in [5.74, 6) is -0.191. The fourth-order valence-electron chi connectivity index (χ4n) is 2.63. The molecule has 10 heteroatoms. The van der Waals surface area contributed by atoms with Crippen LogP contribution in [0.2, 0.25) is 0 Å². The maximum atomic E-state index is 12.9. The molecular formula is C18H28N4O5S. The summed E-state index contributed by atoms with van der Waals surface area (Å²) < 4.78 is 32.4. The summed E-state index contributed by atoms with van der Waals surface area (Å²) in [6, 6.07) is 6.18. The van der Waals surface area contributed by atoms with Crippen LogP contribution in [0.1, 0.15) is 19.4 Å². The number of urea groups is 1. The van der Waals surface area contributed by atoms with E-state index in [9.17, 15) is 18.0 Å². The maximum Gasteiger partial charge on any atom is 0.315 e. The molecule has 0 saturated carbocycles. The number of nitrogens with one attached hydrogen (secondary N) is 3. The van der Waals surface area contributed by atoms with Gasteiger partial charge in [0.15, 0.2) is 0 Å². The van der Waals surface area contributed by atoms with E-state index in [2.05, 4.69) is 16.0 Å². The van der Waals surface area contributed by atoms with Crippen LogP contribution in [0.25, 0.3) is 0 Å². The first-order chi connectivity index (χ1) is 13.3. The summed E-state index contributed by atoms with van der Waals surface area (Å²) in [6.45, 7) is 5.62. The van der Waals surface area contributed by atoms with Crippen molar-refractivity contribution < 1.29 is 22.7 Å². The van der Waals surface area contributed by atoms with Gasteiger partial charge >= 0.3 is 6.03 Å². The fraction of sp³-hybridized carbons (Fsp3) is 0.556. The van der Waals surface area contributed by atoms with Crippen LogP contribution in [0.4, 0.5) is 4.79 Å². The topological polar surface area (TPSA) is 117 Å². The van der Waals surface area contributed by atoms with Crippen molar-refractivity contribution in [2.24, 2.45) is 5.92 Å². The Kier molecular flexibility index (Phi) is 8.21. The van der Waals surface area contributed by atoms with Crippen LogP contribution in [-0.4, -0.2) is 64.1 Å². The van der Waals surface area contributed by atoms with Gasteiger partial charge in [-0.25, -0.2) is 13.2 Å². The van der Waals surface area contributed by atoms with Crippen LogP contribution in [0, 0.1) is 5.92 Å². The molecule has 0 radical (unpaired) electrons. The van der Waals surface area contributed by atoms with E-state index in [0.29, 0.717) is 38.4 Å². The molecule has 1 aliphatic heterocycles. The highest BCUT2D eigenvalue weighted by atomic mass is 32.2. The van der Waals surface area contributed by atoms with Crippen molar-refractivity contribution in [2.45, 2.75) is 25.3 Å². The van der Waals surface area contributed by atoms with Crippen molar-refractivity contribution in [3.63, 3.8) is 0 Å². The Labute approximate surface area is 165 Å². The number of rotatable bonds is 8. The van der Waals surface area contributed by atoms with Gasteiger partial charge in [-0.3, -0.25) is 4.79 Å². The van der Waals surface area contributed by atoms with Crippen molar-refractivity contribution in [3.8, 4) is 0 Å². The van der Waals surface area contributed by atoms with Gasteiger partial charge in [0.2, 0.25) is 15.9 Å². The number of nitrogens with zero attached hydrogens (tertiary/aromatic N) is 1. The Morgan fingerprint density at radius 3 is 2.39 bits per heavy atom. The van der Waals surface area contributed by atoms with Crippen molar-refractivity contribution in [3.05, 3.63) is 29.8 Å². The van der Waals surface area contributed by atoms with E-state index < -0.39 is 16.1 Å². The van der Waals surface area contributed by atoms with Crippen LogP contribution < -0.4 is 16.0 Å². The highest BCUT2D eigenvalue weighted by Gasteiger charge is 2.28. The molecule has 1 aliphatic rings. The predicted molar refractivity (Wildman–Crippen MR) is 104 cm³/mol. The molecule has 3 N–H and O–H groups in total. The number of carbonyl (C=O) groups is 2. The van der Waals surface area contributed by atoms with Crippen LogP contribution >= 0.6 is 0 Å². The van der Waals surface area contributed by atoms with Crippen LogP contribution in [-0.2, 0) is 26.1 Å². The molecule has 0 atom stereocenters. The minimum atomic E-state index is -3.65. The fourth-order valence-corrected chi connectivity index (χ4v) is 4.26. The Balaban J connectivity index is 1.89. The molecule has 0 unspecified atom stereocenters. The Morgan fingerprint density at radius 2 is 1.71 bits per heavy atom. The smallest absolute Gasteiger partial charge is 0.315 e. The van der Waals surface area contributed by atoms with Crippen LogP contribution in [0.15, 0.2) is 29.2 Å². The molecule has 0 aliphatic carbocycles. The summed E-state index contributed by atoms with van der Waals surface area (Å²) >= 11 is 0. The van der Waals surface area contributed by atoms with E-state index in [1.54, 1.807) is 38.1 Å². The average molecular weight is 413 g/mol. The number of hydrogen-bond donors (Lipinski definition) is 3. The molecule has 28 heavy (non-hydrogen) atoms. The summed E-state index contributed by atoms with van der Waals surface area (Å²) in [5.41, 5.74) is 0.511. The zero-order valence-electron chi connectivity index (χ0n) is 16.2. The predicted octanol–water partition coefficient (Wildman–Crippen LogP) is 0.279. The zero-order valence-corrected chi connectivity index (χ0v) is 17.0. The van der Waals surface area contributed by atoms with E-state index in [0.717, 1.165) is 0 Å². The van der Waals surface area contributed by atoms with E-state index in [4.69, 9.17) is 4.74 Å². The molecule has 1 fully saturated rings. The molecule has 0 bridgehead atoms. The van der Waals surface area contributed by atoms with Gasteiger partial charge in [-0.2, -0.15) is 4.31 Å². The summed E-state index contributed by atoms with van der Waals surface area (Å²) in [5, 5.41) is 7.98. The maximum absolute atomic E-state index is 12.9. The van der Waals surface area contributed by atoms with Gasteiger partial charge in [0.25, 0.3) is 0 Å². The van der Waals surface area contributed by atoms with Gasteiger partial charge in [-0.05, 0) is 11.6 Å². The van der Waals surface area contributed by atoms with Gasteiger partial charge < -0.3 is 20.7 Å². The number of sulfonamides is 1. The molecule has 0 aromatic heterocycles. The van der Waals surface area contributed by atoms with Gasteiger partial charge in [0, 0.05) is 38.6 Å². The molecule has 1 aromatic carbocycles. The summed E-state index contributed by atoms with van der Waals surface area (Å²) in [7, 11) is -3.65. The molecule has 1 heterocycles. The Bertz CT molecular complexity index is 776. The minimum Gasteiger partial charge on any atom is -0.379 e. The Morgan fingerprint density at radius 1 is 1.07 bits per heavy atom. The standard InChI is InChI=1S/C18H28N4O5S/c1-14(2)17(23)19-7-8-20-18(24)21-13-15-5-3-4-6-16(15)28(25,26)22-9-11-27-12-10-22/h3-6,14H,7-13H2,1-2H3,(H,19,23)(H2,20,21,24). The zero-order chi connectivity index (χ0) is 20.6. The van der Waals surface area contributed by atoms with Crippen molar-refractivity contribution in [1.29, 1.82) is 0 Å². The third kappa shape index (κ3) is 6.18. The molecule has 156 valence electrons. The summed E-state index contributed by atoms with van der Waals surface area (Å²) in [6.07, 6.45) is 0. The number of ether oxygens (including phenoxy) is 1. The van der Waals surface area contributed by atoms with Crippen molar-refractivity contribution in [1.82, 2.24) is 20.3 Å². The number of hydrogen-bond acceptors (Lipinski definition) is 5. The van der Waals surface area contributed by atoms with E-state index in [-0.39, 0.29) is 29.8 Å². The van der Waals surface area contributed by atoms with Gasteiger partial charge in [0.05, 0.1) is 18.1 Å².